The Balaban J connectivity index is 2.40. The van der Waals surface area contributed by atoms with E-state index in [2.05, 4.69) is 0 Å². The smallest absolute Gasteiger partial charge is 0.234 e. The van der Waals surface area contributed by atoms with Gasteiger partial charge in [-0.1, -0.05) is 31.2 Å². The second-order valence-corrected chi connectivity index (χ2v) is 5.66. The van der Waals surface area contributed by atoms with Crippen LogP contribution in [0.3, 0.4) is 0 Å². The monoisotopic (exact) mass is 296 g/mol. The summed E-state index contributed by atoms with van der Waals surface area (Å²) in [5.41, 5.74) is 1.60. The fourth-order valence-corrected chi connectivity index (χ4v) is 2.99. The van der Waals surface area contributed by atoms with Gasteiger partial charge >= 0.3 is 0 Å². The number of fused-ring (bicyclic) bond motifs is 3. The van der Waals surface area contributed by atoms with Crippen molar-refractivity contribution in [1.82, 2.24) is 0 Å². The van der Waals surface area contributed by atoms with Gasteiger partial charge in [0.1, 0.15) is 5.76 Å². The van der Waals surface area contributed by atoms with E-state index in [0.29, 0.717) is 10.9 Å². The first-order valence-corrected chi connectivity index (χ1v) is 7.13. The van der Waals surface area contributed by atoms with E-state index >= 15 is 0 Å². The highest BCUT2D eigenvalue weighted by molar-refractivity contribution is 6.54. The number of aliphatic hydroxyl groups excluding tert-OH is 2. The number of Topliss-reactive ketones (excluding diaryl/α,β-unsaturated/α-hetero) is 2. The topological polar surface area (TPSA) is 74.6 Å². The summed E-state index contributed by atoms with van der Waals surface area (Å²) in [5, 5.41) is 21.2. The Kier molecular flexibility index (Phi) is 3.34. The average molecular weight is 296 g/mol. The summed E-state index contributed by atoms with van der Waals surface area (Å²) in [4.78, 5) is 24.9. The molecule has 0 aliphatic heterocycles. The number of rotatable bonds is 2. The fraction of sp³-hybridized carbons (Fsp3) is 0.222. The van der Waals surface area contributed by atoms with Gasteiger partial charge < -0.3 is 10.2 Å². The number of aryl methyl sites for hydroxylation is 1. The molecule has 2 N–H and O–H groups in total. The number of hydrogen-bond donors (Lipinski definition) is 2. The zero-order valence-electron chi connectivity index (χ0n) is 12.4. The standard InChI is InChI=1S/C18H16O4/c1-9-4-3-5-12-11(9)6-7-13-15(12)18(22)17(21)14(16(13)20)10(2)8-19/h3-7,10,19-20H,8H2,1-2H3/t10-/m0/s1. The molecule has 22 heavy (non-hydrogen) atoms. The number of benzene rings is 2. The maximum Gasteiger partial charge on any atom is 0.234 e. The maximum absolute atomic E-state index is 12.5. The molecule has 1 aliphatic carbocycles. The summed E-state index contributed by atoms with van der Waals surface area (Å²) >= 11 is 0. The fourth-order valence-electron chi connectivity index (χ4n) is 2.99. The molecule has 0 spiro atoms. The predicted octanol–water partition coefficient (Wildman–Crippen LogP) is 2.81. The van der Waals surface area contributed by atoms with Crippen molar-refractivity contribution in [2.24, 2.45) is 5.92 Å². The molecule has 112 valence electrons. The lowest BCUT2D eigenvalue weighted by molar-refractivity contribution is -0.112. The first-order chi connectivity index (χ1) is 10.5. The van der Waals surface area contributed by atoms with Crippen molar-refractivity contribution in [2.45, 2.75) is 13.8 Å². The molecular formula is C18H16O4. The van der Waals surface area contributed by atoms with Crippen molar-refractivity contribution in [2.75, 3.05) is 6.61 Å². The van der Waals surface area contributed by atoms with Crippen LogP contribution in [0.5, 0.6) is 0 Å². The number of hydrogen-bond acceptors (Lipinski definition) is 4. The van der Waals surface area contributed by atoms with Crippen LogP contribution in [0.1, 0.15) is 28.4 Å². The zero-order chi connectivity index (χ0) is 16.0. The minimum atomic E-state index is -0.736. The average Bonchev–Trinajstić information content (AvgIpc) is 2.52. The predicted molar refractivity (Wildman–Crippen MR) is 83.8 cm³/mol. The number of aliphatic hydroxyl groups is 2. The van der Waals surface area contributed by atoms with Crippen molar-refractivity contribution >= 4 is 28.1 Å². The molecular weight excluding hydrogens is 280 g/mol. The van der Waals surface area contributed by atoms with E-state index in [1.54, 1.807) is 19.1 Å². The SMILES string of the molecule is Cc1cccc2c3c(ccc12)C(O)=C([C@@H](C)CO)C(=O)C3=O. The highest BCUT2D eigenvalue weighted by atomic mass is 16.3. The van der Waals surface area contributed by atoms with Crippen molar-refractivity contribution in [1.29, 1.82) is 0 Å². The molecule has 3 rings (SSSR count). The summed E-state index contributed by atoms with van der Waals surface area (Å²) in [6.07, 6.45) is 0. The Morgan fingerprint density at radius 1 is 1.05 bits per heavy atom. The molecule has 2 aromatic rings. The van der Waals surface area contributed by atoms with Crippen molar-refractivity contribution in [3.8, 4) is 0 Å². The summed E-state index contributed by atoms with van der Waals surface area (Å²) in [5.74, 6) is -2.15. The van der Waals surface area contributed by atoms with Crippen LogP contribution >= 0.6 is 0 Å². The lowest BCUT2D eigenvalue weighted by Gasteiger charge is -2.22. The van der Waals surface area contributed by atoms with Crippen LogP contribution < -0.4 is 0 Å². The molecule has 0 saturated carbocycles. The van der Waals surface area contributed by atoms with Gasteiger partial charge in [0.25, 0.3) is 0 Å². The highest BCUT2D eigenvalue weighted by Crippen LogP contribution is 2.36. The van der Waals surface area contributed by atoms with Crippen LogP contribution in [0.4, 0.5) is 0 Å². The molecule has 0 fully saturated rings. The summed E-state index contributed by atoms with van der Waals surface area (Å²) in [6, 6.07) is 9.03. The Morgan fingerprint density at radius 2 is 1.77 bits per heavy atom. The molecule has 4 heteroatoms. The molecule has 0 saturated heterocycles. The van der Waals surface area contributed by atoms with Gasteiger partial charge in [-0.15, -0.1) is 0 Å². The molecule has 0 radical (unpaired) electrons. The zero-order valence-corrected chi connectivity index (χ0v) is 12.4. The van der Waals surface area contributed by atoms with Crippen LogP contribution in [0.2, 0.25) is 0 Å². The molecule has 0 bridgehead atoms. The lowest BCUT2D eigenvalue weighted by Crippen LogP contribution is -2.28. The molecule has 0 aromatic heterocycles. The minimum absolute atomic E-state index is 0.00740. The Hall–Kier alpha value is -2.46. The number of ketones is 2. The Labute approximate surface area is 127 Å². The molecule has 0 unspecified atom stereocenters. The third-order valence-electron chi connectivity index (χ3n) is 4.23. The second-order valence-electron chi connectivity index (χ2n) is 5.66. The number of carbonyl (C=O) groups excluding carboxylic acids is 2. The van der Waals surface area contributed by atoms with Crippen LogP contribution in [-0.2, 0) is 4.79 Å². The Bertz CT molecular complexity index is 846. The normalized spacial score (nSPS) is 16.1. The van der Waals surface area contributed by atoms with Gasteiger partial charge in [-0.2, -0.15) is 0 Å². The van der Waals surface area contributed by atoms with E-state index in [4.69, 9.17) is 0 Å². The van der Waals surface area contributed by atoms with Gasteiger partial charge in [-0.3, -0.25) is 9.59 Å². The van der Waals surface area contributed by atoms with Gasteiger partial charge in [-0.25, -0.2) is 0 Å². The first kappa shape index (κ1) is 14.5. The van der Waals surface area contributed by atoms with Gasteiger partial charge in [0.05, 0.1) is 5.57 Å². The van der Waals surface area contributed by atoms with Gasteiger partial charge in [0.2, 0.25) is 11.6 Å². The van der Waals surface area contributed by atoms with E-state index in [1.807, 2.05) is 25.1 Å². The van der Waals surface area contributed by atoms with Gasteiger partial charge in [0, 0.05) is 23.7 Å². The molecule has 4 nitrogen and oxygen atoms in total. The van der Waals surface area contributed by atoms with E-state index in [-0.39, 0.29) is 23.5 Å². The van der Waals surface area contributed by atoms with Crippen LogP contribution in [0.15, 0.2) is 35.9 Å². The quantitative estimate of drug-likeness (QED) is 0.836. The summed E-state index contributed by atoms with van der Waals surface area (Å²) in [7, 11) is 0. The Morgan fingerprint density at radius 3 is 2.45 bits per heavy atom. The maximum atomic E-state index is 12.5. The van der Waals surface area contributed by atoms with Crippen molar-refractivity contribution < 1.29 is 19.8 Å². The van der Waals surface area contributed by atoms with E-state index in [0.717, 1.165) is 10.9 Å². The van der Waals surface area contributed by atoms with E-state index < -0.39 is 17.5 Å². The van der Waals surface area contributed by atoms with Crippen LogP contribution in [0, 0.1) is 12.8 Å². The third kappa shape index (κ3) is 1.88. The van der Waals surface area contributed by atoms with E-state index in [9.17, 15) is 19.8 Å². The van der Waals surface area contributed by atoms with Crippen LogP contribution in [-0.4, -0.2) is 28.4 Å². The largest absolute Gasteiger partial charge is 0.507 e. The molecule has 2 aromatic carbocycles. The first-order valence-electron chi connectivity index (χ1n) is 7.13. The van der Waals surface area contributed by atoms with Gasteiger partial charge in [0.15, 0.2) is 0 Å². The summed E-state index contributed by atoms with van der Waals surface area (Å²) in [6.45, 7) is 3.23. The van der Waals surface area contributed by atoms with Crippen LogP contribution in [0.25, 0.3) is 16.5 Å². The highest BCUT2D eigenvalue weighted by Gasteiger charge is 2.36. The van der Waals surface area contributed by atoms with Crippen molar-refractivity contribution in [3.63, 3.8) is 0 Å². The van der Waals surface area contributed by atoms with E-state index in [1.165, 1.54) is 0 Å². The molecule has 0 amide bonds. The van der Waals surface area contributed by atoms with Gasteiger partial charge in [-0.05, 0) is 29.3 Å². The lowest BCUT2D eigenvalue weighted by atomic mass is 9.81. The third-order valence-corrected chi connectivity index (χ3v) is 4.23. The van der Waals surface area contributed by atoms with Crippen molar-refractivity contribution in [3.05, 3.63) is 52.6 Å². The summed E-state index contributed by atoms with van der Waals surface area (Å²) < 4.78 is 0. The second kappa shape index (κ2) is 5.07. The number of carbonyl (C=O) groups is 2. The molecule has 1 atom stereocenters. The molecule has 1 aliphatic rings. The minimum Gasteiger partial charge on any atom is -0.507 e. The molecule has 0 heterocycles.